The van der Waals surface area contributed by atoms with Gasteiger partial charge >= 0.3 is 0 Å². The number of para-hydroxylation sites is 1. The lowest BCUT2D eigenvalue weighted by Gasteiger charge is -2.40. The molecule has 0 amide bonds. The van der Waals surface area contributed by atoms with Crippen molar-refractivity contribution in [1.29, 1.82) is 0 Å². The lowest BCUT2D eigenvalue weighted by Crippen LogP contribution is -2.49. The molecule has 2 aromatic heterocycles. The van der Waals surface area contributed by atoms with Gasteiger partial charge in [0.15, 0.2) is 0 Å². The number of pyridine rings is 2. The molecule has 0 radical (unpaired) electrons. The van der Waals surface area contributed by atoms with Gasteiger partial charge in [0.1, 0.15) is 11.5 Å². The molecule has 190 valence electrons. The summed E-state index contributed by atoms with van der Waals surface area (Å²) in [5, 5.41) is 11.1. The number of rotatable bonds is 7. The summed E-state index contributed by atoms with van der Waals surface area (Å²) in [5.41, 5.74) is 3.80. The summed E-state index contributed by atoms with van der Waals surface area (Å²) in [7, 11) is 1.63. The Morgan fingerprint density at radius 2 is 1.65 bits per heavy atom. The summed E-state index contributed by atoms with van der Waals surface area (Å²) >= 11 is 0. The number of aryl methyl sites for hydroxylation is 1. The molecule has 1 aliphatic heterocycles. The molecule has 7 heteroatoms. The van der Waals surface area contributed by atoms with Gasteiger partial charge in [-0.2, -0.15) is 0 Å². The van der Waals surface area contributed by atoms with Crippen LogP contribution in [0.15, 0.2) is 89.9 Å². The predicted molar refractivity (Wildman–Crippen MR) is 146 cm³/mol. The van der Waals surface area contributed by atoms with Gasteiger partial charge in [0.05, 0.1) is 31.0 Å². The highest BCUT2D eigenvalue weighted by Gasteiger charge is 2.32. The van der Waals surface area contributed by atoms with Crippen molar-refractivity contribution in [1.82, 2.24) is 14.5 Å². The topological polar surface area (TPSA) is 70.8 Å². The highest BCUT2D eigenvalue weighted by molar-refractivity contribution is 5.47. The molecule has 7 nitrogen and oxygen atoms in total. The zero-order chi connectivity index (χ0) is 25.8. The Morgan fingerprint density at radius 3 is 2.30 bits per heavy atom. The molecule has 0 saturated carbocycles. The highest BCUT2D eigenvalue weighted by atomic mass is 16.5. The van der Waals surface area contributed by atoms with Crippen LogP contribution in [-0.4, -0.2) is 52.8 Å². The summed E-state index contributed by atoms with van der Waals surface area (Å²) < 4.78 is 7.00. The zero-order valence-electron chi connectivity index (χ0n) is 21.2. The first-order valence-electron chi connectivity index (χ1n) is 12.6. The summed E-state index contributed by atoms with van der Waals surface area (Å²) in [6, 6.07) is 25.0. The summed E-state index contributed by atoms with van der Waals surface area (Å²) in [4.78, 5) is 23.2. The minimum atomic E-state index is -0.450. The van der Waals surface area contributed by atoms with Crippen molar-refractivity contribution in [3.05, 3.63) is 118 Å². The van der Waals surface area contributed by atoms with Crippen LogP contribution < -0.4 is 15.2 Å². The van der Waals surface area contributed by atoms with E-state index in [1.165, 1.54) is 5.69 Å². The number of nitrogens with zero attached hydrogens (tertiary/aromatic N) is 4. The second-order valence-electron chi connectivity index (χ2n) is 9.34. The number of methoxy groups -OCH3 is 1. The first-order chi connectivity index (χ1) is 18.0. The average molecular weight is 497 g/mol. The summed E-state index contributed by atoms with van der Waals surface area (Å²) in [6.07, 6.45) is 1.74. The highest BCUT2D eigenvalue weighted by Crippen LogP contribution is 2.33. The van der Waals surface area contributed by atoms with Gasteiger partial charge in [-0.25, -0.2) is 0 Å². The van der Waals surface area contributed by atoms with Crippen LogP contribution in [0.4, 0.5) is 5.69 Å². The molecule has 2 aromatic carbocycles. The maximum Gasteiger partial charge on any atom is 0.260 e. The van der Waals surface area contributed by atoms with E-state index in [0.717, 1.165) is 43.2 Å². The van der Waals surface area contributed by atoms with Gasteiger partial charge in [0.25, 0.3) is 5.56 Å². The van der Waals surface area contributed by atoms with E-state index < -0.39 is 6.04 Å². The van der Waals surface area contributed by atoms with Gasteiger partial charge in [-0.15, -0.1) is 0 Å². The van der Waals surface area contributed by atoms with Crippen LogP contribution in [0.2, 0.25) is 0 Å². The van der Waals surface area contributed by atoms with Gasteiger partial charge in [0.2, 0.25) is 0 Å². The van der Waals surface area contributed by atoms with E-state index in [2.05, 4.69) is 26.9 Å². The molecule has 37 heavy (non-hydrogen) atoms. The lowest BCUT2D eigenvalue weighted by atomic mass is 9.99. The molecule has 1 aliphatic rings. The Hall–Kier alpha value is -4.10. The Balaban J connectivity index is 1.50. The van der Waals surface area contributed by atoms with Crippen molar-refractivity contribution in [2.45, 2.75) is 19.5 Å². The van der Waals surface area contributed by atoms with Gasteiger partial charge in [-0.3, -0.25) is 14.7 Å². The zero-order valence-corrected chi connectivity index (χ0v) is 21.2. The van der Waals surface area contributed by atoms with E-state index in [1.54, 1.807) is 23.9 Å². The molecule has 0 spiro atoms. The molecule has 0 unspecified atom stereocenters. The summed E-state index contributed by atoms with van der Waals surface area (Å²) in [5.74, 6) is 0.777. The maximum atomic E-state index is 14.0. The van der Waals surface area contributed by atoms with Crippen molar-refractivity contribution in [3.63, 3.8) is 0 Å². The smallest absolute Gasteiger partial charge is 0.260 e. The quantitative estimate of drug-likeness (QED) is 0.413. The van der Waals surface area contributed by atoms with Crippen LogP contribution in [0.5, 0.6) is 11.5 Å². The van der Waals surface area contributed by atoms with Gasteiger partial charge < -0.3 is 19.3 Å². The third-order valence-corrected chi connectivity index (χ3v) is 7.06. The van der Waals surface area contributed by atoms with Gasteiger partial charge in [-0.05, 0) is 55.0 Å². The Morgan fingerprint density at radius 1 is 0.946 bits per heavy atom. The minimum absolute atomic E-state index is 0.00891. The van der Waals surface area contributed by atoms with E-state index in [4.69, 9.17) is 4.74 Å². The Labute approximate surface area is 217 Å². The maximum absolute atomic E-state index is 14.0. The lowest BCUT2D eigenvalue weighted by molar-refractivity contribution is 0.204. The minimum Gasteiger partial charge on any atom is -0.507 e. The number of benzene rings is 2. The van der Waals surface area contributed by atoms with Crippen molar-refractivity contribution < 1.29 is 9.84 Å². The van der Waals surface area contributed by atoms with Crippen molar-refractivity contribution in [2.24, 2.45) is 0 Å². The van der Waals surface area contributed by atoms with E-state index in [9.17, 15) is 9.90 Å². The van der Waals surface area contributed by atoms with Crippen LogP contribution in [0.25, 0.3) is 0 Å². The van der Waals surface area contributed by atoms with Crippen LogP contribution in [-0.2, 0) is 6.54 Å². The molecule has 0 bridgehead atoms. The van der Waals surface area contributed by atoms with E-state index in [-0.39, 0.29) is 11.3 Å². The normalized spacial score (nSPS) is 14.9. The number of ether oxygens (including phenoxy) is 1. The van der Waals surface area contributed by atoms with Crippen molar-refractivity contribution in [2.75, 3.05) is 38.2 Å². The van der Waals surface area contributed by atoms with Gasteiger partial charge in [-0.1, -0.05) is 36.4 Å². The second-order valence-corrected chi connectivity index (χ2v) is 9.34. The third-order valence-electron chi connectivity index (χ3n) is 7.06. The van der Waals surface area contributed by atoms with Crippen molar-refractivity contribution >= 4 is 5.69 Å². The molecule has 1 N–H and O–H groups in total. The van der Waals surface area contributed by atoms with E-state index in [0.29, 0.717) is 17.8 Å². The van der Waals surface area contributed by atoms with Crippen LogP contribution in [0, 0.1) is 6.92 Å². The monoisotopic (exact) mass is 496 g/mol. The fraction of sp³-hybridized carbons (Fsp3) is 0.267. The van der Waals surface area contributed by atoms with Crippen LogP contribution in [0.1, 0.15) is 28.6 Å². The number of anilines is 1. The first-order valence-corrected chi connectivity index (χ1v) is 12.6. The number of aromatic hydroxyl groups is 1. The largest absolute Gasteiger partial charge is 0.507 e. The van der Waals surface area contributed by atoms with Crippen LogP contribution in [0.3, 0.4) is 0 Å². The van der Waals surface area contributed by atoms with Crippen molar-refractivity contribution in [3.8, 4) is 11.5 Å². The second kappa shape index (κ2) is 10.9. The third kappa shape index (κ3) is 5.22. The first kappa shape index (κ1) is 24.6. The molecule has 1 atom stereocenters. The molecule has 4 aromatic rings. The predicted octanol–water partition coefficient (Wildman–Crippen LogP) is 4.23. The van der Waals surface area contributed by atoms with Crippen LogP contribution >= 0.6 is 0 Å². The van der Waals surface area contributed by atoms with E-state index >= 15 is 0 Å². The molecular formula is C30H32N4O3. The SMILES string of the molecule is COc1ccc(Cn2c(C)cc(O)c([C@H](c3ccccn3)N3CCN(c4ccccc4)CC3)c2=O)cc1. The Kier molecular flexibility index (Phi) is 7.23. The fourth-order valence-corrected chi connectivity index (χ4v) is 5.07. The molecule has 0 aliphatic carbocycles. The number of aromatic nitrogens is 2. The molecule has 1 fully saturated rings. The fourth-order valence-electron chi connectivity index (χ4n) is 5.07. The Bertz CT molecular complexity index is 1380. The number of piperazine rings is 1. The molecule has 5 rings (SSSR count). The van der Waals surface area contributed by atoms with Gasteiger partial charge in [0, 0.05) is 43.8 Å². The standard InChI is InChI=1S/C30H32N4O3/c1-22-20-27(35)28(30(36)34(22)21-23-11-13-25(37-2)14-12-23)29(26-10-6-7-15-31-26)33-18-16-32(17-19-33)24-8-4-3-5-9-24/h3-15,20,29,35H,16-19,21H2,1-2H3/t29-/m0/s1. The van der Waals surface area contributed by atoms with E-state index in [1.807, 2.05) is 67.6 Å². The molecule has 3 heterocycles. The number of hydrogen-bond donors (Lipinski definition) is 1. The molecule has 1 saturated heterocycles. The molecular weight excluding hydrogens is 464 g/mol. The summed E-state index contributed by atoms with van der Waals surface area (Å²) in [6.45, 7) is 5.37. The average Bonchev–Trinajstić information content (AvgIpc) is 2.95. The number of hydrogen-bond acceptors (Lipinski definition) is 6.